The molecule has 1 aliphatic heterocycles. The van der Waals surface area contributed by atoms with E-state index in [1.165, 1.54) is 10.9 Å². The van der Waals surface area contributed by atoms with Gasteiger partial charge in [-0.15, -0.1) is 0 Å². The SMILES string of the molecule is COCCn1cnc2ccc(NC(=O)CC[C@H]3NC(=O)c4ccccc4NC3=O)cc2c1=O. The summed E-state index contributed by atoms with van der Waals surface area (Å²) < 4.78 is 6.45. The molecule has 10 nitrogen and oxygen atoms in total. The van der Waals surface area contributed by atoms with Crippen molar-refractivity contribution in [2.75, 3.05) is 24.4 Å². The largest absolute Gasteiger partial charge is 0.383 e. The van der Waals surface area contributed by atoms with Crippen LogP contribution in [-0.2, 0) is 20.9 Å². The van der Waals surface area contributed by atoms with Crippen LogP contribution in [0.4, 0.5) is 11.4 Å². The normalized spacial score (nSPS) is 15.4. The number of fused-ring (bicyclic) bond motifs is 2. The van der Waals surface area contributed by atoms with Crippen molar-refractivity contribution in [3.05, 3.63) is 64.7 Å². The first-order valence-corrected chi connectivity index (χ1v) is 10.4. The summed E-state index contributed by atoms with van der Waals surface area (Å²) in [5.41, 5.74) is 1.54. The summed E-state index contributed by atoms with van der Waals surface area (Å²) in [5.74, 6) is -1.10. The predicted molar refractivity (Wildman–Crippen MR) is 122 cm³/mol. The van der Waals surface area contributed by atoms with E-state index in [2.05, 4.69) is 20.9 Å². The van der Waals surface area contributed by atoms with Crippen molar-refractivity contribution in [1.29, 1.82) is 0 Å². The van der Waals surface area contributed by atoms with Crippen molar-refractivity contribution < 1.29 is 19.1 Å². The summed E-state index contributed by atoms with van der Waals surface area (Å²) in [6, 6.07) is 10.8. The number of carbonyl (C=O) groups is 3. The van der Waals surface area contributed by atoms with E-state index >= 15 is 0 Å². The summed E-state index contributed by atoms with van der Waals surface area (Å²) in [5, 5.41) is 8.49. The Morgan fingerprint density at radius 2 is 2.00 bits per heavy atom. The fourth-order valence-corrected chi connectivity index (χ4v) is 3.60. The molecular formula is C23H23N5O5. The van der Waals surface area contributed by atoms with Crippen molar-refractivity contribution in [2.24, 2.45) is 0 Å². The third-order valence-electron chi connectivity index (χ3n) is 5.36. The van der Waals surface area contributed by atoms with Gasteiger partial charge in [0.2, 0.25) is 11.8 Å². The van der Waals surface area contributed by atoms with Crippen LogP contribution < -0.4 is 21.5 Å². The third kappa shape index (κ3) is 4.90. The maximum absolute atomic E-state index is 12.7. The van der Waals surface area contributed by atoms with Crippen LogP contribution in [-0.4, -0.2) is 47.0 Å². The van der Waals surface area contributed by atoms with Gasteiger partial charge in [-0.25, -0.2) is 4.98 Å². The van der Waals surface area contributed by atoms with E-state index in [0.29, 0.717) is 41.0 Å². The third-order valence-corrected chi connectivity index (χ3v) is 5.36. The van der Waals surface area contributed by atoms with Crippen molar-refractivity contribution >= 4 is 40.0 Å². The van der Waals surface area contributed by atoms with Crippen LogP contribution in [0.15, 0.2) is 53.6 Å². The molecule has 33 heavy (non-hydrogen) atoms. The molecule has 170 valence electrons. The highest BCUT2D eigenvalue weighted by molar-refractivity contribution is 6.10. The molecule has 0 bridgehead atoms. The molecule has 0 saturated heterocycles. The fraction of sp³-hybridized carbons (Fsp3) is 0.261. The van der Waals surface area contributed by atoms with E-state index < -0.39 is 6.04 Å². The van der Waals surface area contributed by atoms with E-state index in [4.69, 9.17) is 4.74 Å². The Morgan fingerprint density at radius 1 is 1.18 bits per heavy atom. The molecule has 10 heteroatoms. The van der Waals surface area contributed by atoms with E-state index in [1.807, 2.05) is 0 Å². The van der Waals surface area contributed by atoms with Gasteiger partial charge < -0.3 is 20.7 Å². The van der Waals surface area contributed by atoms with Crippen LogP contribution in [0.2, 0.25) is 0 Å². The number of hydrogen-bond donors (Lipinski definition) is 3. The van der Waals surface area contributed by atoms with E-state index in [1.54, 1.807) is 49.6 Å². The number of carbonyl (C=O) groups excluding carboxylic acids is 3. The number of nitrogens with one attached hydrogen (secondary N) is 3. The van der Waals surface area contributed by atoms with E-state index in [-0.39, 0.29) is 36.1 Å². The molecule has 1 atom stereocenters. The molecule has 3 aromatic rings. The van der Waals surface area contributed by atoms with Gasteiger partial charge in [-0.2, -0.15) is 0 Å². The topological polar surface area (TPSA) is 131 Å². The Balaban J connectivity index is 1.41. The molecule has 2 heterocycles. The lowest BCUT2D eigenvalue weighted by Crippen LogP contribution is -2.41. The average Bonchev–Trinajstić information content (AvgIpc) is 2.93. The van der Waals surface area contributed by atoms with Gasteiger partial charge in [0.1, 0.15) is 6.04 Å². The first-order chi connectivity index (χ1) is 16.0. The number of methoxy groups -OCH3 is 1. The molecule has 0 saturated carbocycles. The van der Waals surface area contributed by atoms with Crippen molar-refractivity contribution in [1.82, 2.24) is 14.9 Å². The first-order valence-electron chi connectivity index (χ1n) is 10.4. The second-order valence-corrected chi connectivity index (χ2v) is 7.62. The molecular weight excluding hydrogens is 426 g/mol. The predicted octanol–water partition coefficient (Wildman–Crippen LogP) is 1.51. The van der Waals surface area contributed by atoms with Crippen LogP contribution in [0.1, 0.15) is 23.2 Å². The summed E-state index contributed by atoms with van der Waals surface area (Å²) in [6.45, 7) is 0.744. The molecule has 4 rings (SSSR count). The highest BCUT2D eigenvalue weighted by Gasteiger charge is 2.27. The van der Waals surface area contributed by atoms with Crippen LogP contribution >= 0.6 is 0 Å². The molecule has 2 aromatic carbocycles. The second kappa shape index (κ2) is 9.61. The smallest absolute Gasteiger partial charge is 0.261 e. The number of hydrogen-bond acceptors (Lipinski definition) is 6. The lowest BCUT2D eigenvalue weighted by Gasteiger charge is -2.14. The van der Waals surface area contributed by atoms with Gasteiger partial charge in [-0.05, 0) is 36.8 Å². The van der Waals surface area contributed by atoms with Gasteiger partial charge in [0, 0.05) is 19.2 Å². The van der Waals surface area contributed by atoms with Gasteiger partial charge in [-0.1, -0.05) is 12.1 Å². The molecule has 0 radical (unpaired) electrons. The number of rotatable bonds is 7. The second-order valence-electron chi connectivity index (χ2n) is 7.62. The van der Waals surface area contributed by atoms with Crippen molar-refractivity contribution in [3.63, 3.8) is 0 Å². The number of anilines is 2. The summed E-state index contributed by atoms with van der Waals surface area (Å²) in [4.78, 5) is 54.3. The first kappa shape index (κ1) is 22.2. The Bertz CT molecular complexity index is 1290. The minimum absolute atomic E-state index is 0.00212. The fourth-order valence-electron chi connectivity index (χ4n) is 3.60. The number of nitrogens with zero attached hydrogens (tertiary/aromatic N) is 2. The molecule has 0 spiro atoms. The summed E-state index contributed by atoms with van der Waals surface area (Å²) in [6.07, 6.45) is 1.58. The number of ether oxygens (including phenoxy) is 1. The molecule has 1 aromatic heterocycles. The standard InChI is InChI=1S/C23H23N5O5/c1-33-11-10-28-13-24-17-7-6-14(12-16(17)23(28)32)25-20(29)9-8-19-22(31)26-18-5-3-2-4-15(18)21(30)27-19/h2-7,12-13,19H,8-11H2,1H3,(H,25,29)(H,26,31)(H,27,30)/t19-/m1/s1. The minimum atomic E-state index is -0.843. The maximum Gasteiger partial charge on any atom is 0.261 e. The van der Waals surface area contributed by atoms with Gasteiger partial charge in [0.05, 0.1) is 41.6 Å². The highest BCUT2D eigenvalue weighted by atomic mass is 16.5. The summed E-state index contributed by atoms with van der Waals surface area (Å²) >= 11 is 0. The Hall–Kier alpha value is -4.05. The quantitative estimate of drug-likeness (QED) is 0.501. The average molecular weight is 449 g/mol. The Morgan fingerprint density at radius 3 is 2.82 bits per heavy atom. The highest BCUT2D eigenvalue weighted by Crippen LogP contribution is 2.20. The van der Waals surface area contributed by atoms with Crippen LogP contribution in [0.5, 0.6) is 0 Å². The van der Waals surface area contributed by atoms with Gasteiger partial charge in [0.25, 0.3) is 11.5 Å². The lowest BCUT2D eigenvalue weighted by molar-refractivity contribution is -0.118. The minimum Gasteiger partial charge on any atom is -0.383 e. The molecule has 0 fully saturated rings. The van der Waals surface area contributed by atoms with E-state index in [0.717, 1.165) is 0 Å². The van der Waals surface area contributed by atoms with Gasteiger partial charge >= 0.3 is 0 Å². The molecule has 1 aliphatic rings. The van der Waals surface area contributed by atoms with Crippen LogP contribution in [0, 0.1) is 0 Å². The van der Waals surface area contributed by atoms with Crippen LogP contribution in [0.25, 0.3) is 10.9 Å². The van der Waals surface area contributed by atoms with Crippen molar-refractivity contribution in [3.8, 4) is 0 Å². The summed E-state index contributed by atoms with van der Waals surface area (Å²) in [7, 11) is 1.55. The van der Waals surface area contributed by atoms with Crippen molar-refractivity contribution in [2.45, 2.75) is 25.4 Å². The lowest BCUT2D eigenvalue weighted by atomic mass is 10.1. The number of amides is 3. The monoisotopic (exact) mass is 449 g/mol. The van der Waals surface area contributed by atoms with E-state index in [9.17, 15) is 19.2 Å². The zero-order chi connectivity index (χ0) is 23.4. The zero-order valence-corrected chi connectivity index (χ0v) is 18.0. The number of para-hydroxylation sites is 1. The van der Waals surface area contributed by atoms with Gasteiger partial charge in [0.15, 0.2) is 0 Å². The molecule has 3 N–H and O–H groups in total. The zero-order valence-electron chi connectivity index (χ0n) is 18.0. The van der Waals surface area contributed by atoms with Crippen LogP contribution in [0.3, 0.4) is 0 Å². The Labute approximate surface area is 189 Å². The molecule has 3 amide bonds. The molecule has 0 unspecified atom stereocenters. The van der Waals surface area contributed by atoms with Gasteiger partial charge in [-0.3, -0.25) is 23.7 Å². The number of aromatic nitrogens is 2. The Kier molecular flexibility index (Phi) is 6.45. The maximum atomic E-state index is 12.7. The molecule has 0 aliphatic carbocycles. The number of benzene rings is 2.